The van der Waals surface area contributed by atoms with Gasteiger partial charge in [-0.3, -0.25) is 9.98 Å². The summed E-state index contributed by atoms with van der Waals surface area (Å²) in [6.07, 6.45) is 2.03. The predicted octanol–water partition coefficient (Wildman–Crippen LogP) is 7.08. The van der Waals surface area contributed by atoms with Gasteiger partial charge < -0.3 is 20.4 Å². The first-order valence-electron chi connectivity index (χ1n) is 15.2. The molecule has 3 rings (SSSR count). The van der Waals surface area contributed by atoms with Crippen molar-refractivity contribution in [3.63, 3.8) is 0 Å². The topological polar surface area (TPSA) is 106 Å². The van der Waals surface area contributed by atoms with E-state index in [1.807, 2.05) is 12.1 Å². The minimum absolute atomic E-state index is 0.121. The highest BCUT2D eigenvalue weighted by Gasteiger charge is 2.35. The van der Waals surface area contributed by atoms with E-state index in [-0.39, 0.29) is 46.0 Å². The first-order chi connectivity index (χ1) is 19.0. The van der Waals surface area contributed by atoms with Gasteiger partial charge in [0.1, 0.15) is 11.5 Å². The third-order valence-electron chi connectivity index (χ3n) is 8.29. The highest BCUT2D eigenvalue weighted by Crippen LogP contribution is 2.39. The maximum absolute atomic E-state index is 11.2. The Kier molecular flexibility index (Phi) is 9.47. The number of phenols is 2. The molecule has 0 spiro atoms. The van der Waals surface area contributed by atoms with Crippen molar-refractivity contribution in [3.05, 3.63) is 57.6 Å². The van der Waals surface area contributed by atoms with Gasteiger partial charge in [-0.1, -0.05) is 95.2 Å². The van der Waals surface area contributed by atoms with E-state index >= 15 is 0 Å². The number of aliphatic hydroxyl groups excluding tert-OH is 2. The standard InChI is InChI=1S/C36H54N2O4/c1-33(2,3)23-13-21(31(41)25(15-23)35(7,8)9)19-37-27-17-29(39)30(40)18-28(27)38-20-22-14-24(34(4,5)6)16-26(32(22)42)36(10,11)12/h13-16,19-20,27-30,39-42H,17-18H2,1-12H3/t27-,28+,29-,30+. The fourth-order valence-corrected chi connectivity index (χ4v) is 5.32. The second-order valence-corrected chi connectivity index (χ2v) is 16.2. The summed E-state index contributed by atoms with van der Waals surface area (Å²) < 4.78 is 0. The largest absolute Gasteiger partial charge is 0.507 e. The molecule has 0 saturated heterocycles. The summed E-state index contributed by atoms with van der Waals surface area (Å²) in [7, 11) is 0. The number of hydrogen-bond acceptors (Lipinski definition) is 6. The van der Waals surface area contributed by atoms with E-state index in [9.17, 15) is 20.4 Å². The smallest absolute Gasteiger partial charge is 0.128 e. The molecule has 0 aliphatic heterocycles. The molecule has 2 aromatic carbocycles. The monoisotopic (exact) mass is 578 g/mol. The molecule has 0 heterocycles. The molecule has 4 atom stereocenters. The Bertz CT molecular complexity index is 1230. The van der Waals surface area contributed by atoms with E-state index in [0.717, 1.165) is 22.3 Å². The van der Waals surface area contributed by atoms with Crippen LogP contribution >= 0.6 is 0 Å². The number of benzene rings is 2. The van der Waals surface area contributed by atoms with Gasteiger partial charge in [0.2, 0.25) is 0 Å². The van der Waals surface area contributed by atoms with Crippen molar-refractivity contribution in [1.82, 2.24) is 0 Å². The lowest BCUT2D eigenvalue weighted by atomic mass is 9.79. The van der Waals surface area contributed by atoms with Gasteiger partial charge in [0.15, 0.2) is 0 Å². The zero-order chi connectivity index (χ0) is 32.0. The van der Waals surface area contributed by atoms with Crippen molar-refractivity contribution in [1.29, 1.82) is 0 Å². The van der Waals surface area contributed by atoms with E-state index in [1.54, 1.807) is 12.4 Å². The average molecular weight is 579 g/mol. The van der Waals surface area contributed by atoms with Crippen molar-refractivity contribution < 1.29 is 20.4 Å². The van der Waals surface area contributed by atoms with Crippen LogP contribution in [0.2, 0.25) is 0 Å². The minimum Gasteiger partial charge on any atom is -0.507 e. The fraction of sp³-hybridized carbons (Fsp3) is 0.611. The van der Waals surface area contributed by atoms with Gasteiger partial charge in [-0.2, -0.15) is 0 Å². The summed E-state index contributed by atoms with van der Waals surface area (Å²) in [5.41, 5.74) is 4.40. The van der Waals surface area contributed by atoms with Gasteiger partial charge in [-0.15, -0.1) is 0 Å². The van der Waals surface area contributed by atoms with E-state index < -0.39 is 24.3 Å². The van der Waals surface area contributed by atoms with Crippen LogP contribution in [0.25, 0.3) is 0 Å². The summed E-state index contributed by atoms with van der Waals surface area (Å²) in [5, 5.41) is 43.5. The maximum atomic E-state index is 11.2. The Morgan fingerprint density at radius 1 is 0.548 bits per heavy atom. The van der Waals surface area contributed by atoms with E-state index in [2.05, 4.69) is 95.2 Å². The Hall–Kier alpha value is -2.70. The molecule has 42 heavy (non-hydrogen) atoms. The molecule has 1 aliphatic rings. The molecule has 0 aromatic heterocycles. The Balaban J connectivity index is 2.06. The Morgan fingerprint density at radius 3 is 1.12 bits per heavy atom. The fourth-order valence-electron chi connectivity index (χ4n) is 5.32. The second kappa shape index (κ2) is 11.8. The summed E-state index contributed by atoms with van der Waals surface area (Å²) >= 11 is 0. The van der Waals surface area contributed by atoms with Crippen LogP contribution < -0.4 is 0 Å². The van der Waals surface area contributed by atoms with Crippen molar-refractivity contribution >= 4 is 12.4 Å². The lowest BCUT2D eigenvalue weighted by molar-refractivity contribution is -0.0191. The number of phenolic OH excluding ortho intramolecular Hbond substituents is 2. The normalized spacial score (nSPS) is 22.8. The molecular weight excluding hydrogens is 524 g/mol. The van der Waals surface area contributed by atoms with Gasteiger partial charge in [0.25, 0.3) is 0 Å². The maximum Gasteiger partial charge on any atom is 0.128 e. The van der Waals surface area contributed by atoms with Gasteiger partial charge in [0, 0.05) is 47.5 Å². The molecule has 0 radical (unpaired) electrons. The summed E-state index contributed by atoms with van der Waals surface area (Å²) in [5.74, 6) is 0.406. The number of aliphatic imine (C=N–C) groups is 2. The number of nitrogens with zero attached hydrogens (tertiary/aromatic N) is 2. The number of hydrogen-bond donors (Lipinski definition) is 4. The zero-order valence-electron chi connectivity index (χ0n) is 27.9. The SMILES string of the molecule is CC(C)(C)c1cc(C=N[C@H]2C[C@H](O)[C@H](O)C[C@H]2N=Cc2cc(C(C)(C)C)cc(C(C)(C)C)c2O)c(O)c(C(C)(C)C)c1. The van der Waals surface area contributed by atoms with Crippen LogP contribution in [0, 0.1) is 0 Å². The highest BCUT2D eigenvalue weighted by atomic mass is 16.3. The average Bonchev–Trinajstić information content (AvgIpc) is 2.82. The molecule has 2 aromatic rings. The lowest BCUT2D eigenvalue weighted by Crippen LogP contribution is -2.43. The van der Waals surface area contributed by atoms with Gasteiger partial charge in [0.05, 0.1) is 24.3 Å². The van der Waals surface area contributed by atoms with Gasteiger partial charge >= 0.3 is 0 Å². The molecule has 1 fully saturated rings. The van der Waals surface area contributed by atoms with Crippen molar-refractivity contribution in [2.24, 2.45) is 9.98 Å². The third-order valence-corrected chi connectivity index (χ3v) is 8.29. The van der Waals surface area contributed by atoms with Gasteiger partial charge in [-0.05, 0) is 44.9 Å². The third kappa shape index (κ3) is 7.82. The van der Waals surface area contributed by atoms with E-state index in [0.29, 0.717) is 11.1 Å². The molecule has 1 saturated carbocycles. The van der Waals surface area contributed by atoms with Crippen LogP contribution in [-0.2, 0) is 21.7 Å². The van der Waals surface area contributed by atoms with Crippen LogP contribution in [0.5, 0.6) is 11.5 Å². The molecule has 0 amide bonds. The minimum atomic E-state index is -0.914. The number of aliphatic hydroxyl groups is 2. The van der Waals surface area contributed by atoms with Crippen molar-refractivity contribution in [2.75, 3.05) is 0 Å². The van der Waals surface area contributed by atoms with Crippen LogP contribution in [0.4, 0.5) is 0 Å². The molecule has 4 N–H and O–H groups in total. The first kappa shape index (κ1) is 33.8. The van der Waals surface area contributed by atoms with Gasteiger partial charge in [-0.25, -0.2) is 0 Å². The molecule has 0 unspecified atom stereocenters. The van der Waals surface area contributed by atoms with Crippen LogP contribution in [0.15, 0.2) is 34.3 Å². The lowest BCUT2D eigenvalue weighted by Gasteiger charge is -2.33. The Labute approximate surface area is 253 Å². The summed E-state index contributed by atoms with van der Waals surface area (Å²) in [6, 6.07) is 7.28. The first-order valence-corrected chi connectivity index (χ1v) is 15.2. The molecule has 232 valence electrons. The zero-order valence-corrected chi connectivity index (χ0v) is 27.9. The van der Waals surface area contributed by atoms with Crippen LogP contribution in [0.1, 0.15) is 129 Å². The van der Waals surface area contributed by atoms with Crippen molar-refractivity contribution in [2.45, 2.75) is 142 Å². The van der Waals surface area contributed by atoms with E-state index in [1.165, 1.54) is 0 Å². The molecule has 6 heteroatoms. The summed E-state index contributed by atoms with van der Waals surface area (Å²) in [6.45, 7) is 25.3. The molecule has 0 bridgehead atoms. The molecular formula is C36H54N2O4. The number of rotatable bonds is 4. The predicted molar refractivity (Wildman–Crippen MR) is 175 cm³/mol. The number of aromatic hydroxyl groups is 2. The molecule has 6 nitrogen and oxygen atoms in total. The Morgan fingerprint density at radius 2 is 0.857 bits per heavy atom. The molecule has 1 aliphatic carbocycles. The summed E-state index contributed by atoms with van der Waals surface area (Å²) in [4.78, 5) is 9.69. The van der Waals surface area contributed by atoms with Crippen LogP contribution in [0.3, 0.4) is 0 Å². The second-order valence-electron chi connectivity index (χ2n) is 16.2. The highest BCUT2D eigenvalue weighted by molar-refractivity contribution is 5.86. The van der Waals surface area contributed by atoms with E-state index in [4.69, 9.17) is 9.98 Å². The van der Waals surface area contributed by atoms with Crippen molar-refractivity contribution in [3.8, 4) is 11.5 Å². The van der Waals surface area contributed by atoms with Crippen LogP contribution in [-0.4, -0.2) is 57.1 Å². The quantitative estimate of drug-likeness (QED) is 0.291.